The number of unbranched alkanes of at least 4 members (excludes halogenated alkanes) is 1. The van der Waals surface area contributed by atoms with Crippen molar-refractivity contribution in [1.29, 1.82) is 0 Å². The van der Waals surface area contributed by atoms with Crippen LogP contribution in [-0.4, -0.2) is 4.98 Å². The van der Waals surface area contributed by atoms with E-state index in [1.54, 1.807) is 0 Å². The van der Waals surface area contributed by atoms with E-state index in [9.17, 15) is 0 Å². The molecule has 23 heavy (non-hydrogen) atoms. The molecule has 0 spiro atoms. The van der Waals surface area contributed by atoms with E-state index in [1.165, 1.54) is 45.8 Å². The highest BCUT2D eigenvalue weighted by Crippen LogP contribution is 2.35. The van der Waals surface area contributed by atoms with Gasteiger partial charge in [-0.25, -0.2) is 0 Å². The van der Waals surface area contributed by atoms with Crippen molar-refractivity contribution in [3.05, 3.63) is 54.1 Å². The quantitative estimate of drug-likeness (QED) is 0.537. The van der Waals surface area contributed by atoms with Crippen LogP contribution in [0.25, 0.3) is 27.4 Å². The lowest BCUT2D eigenvalue weighted by Gasteiger charge is -2.18. The predicted octanol–water partition coefficient (Wildman–Crippen LogP) is 6.94. The van der Waals surface area contributed by atoms with Gasteiger partial charge in [0.15, 0.2) is 0 Å². The Bertz CT molecular complexity index is 843. The monoisotopic (exact) mass is 305 g/mol. The SMILES string of the molecule is CCCC/C(=C\C(C)(C)C)c1cccc2[nH]c3ccccc3c12. The van der Waals surface area contributed by atoms with E-state index in [0.717, 1.165) is 6.42 Å². The van der Waals surface area contributed by atoms with Crippen LogP contribution in [0, 0.1) is 5.41 Å². The van der Waals surface area contributed by atoms with Gasteiger partial charge >= 0.3 is 0 Å². The second-order valence-corrected chi connectivity index (χ2v) is 7.54. The number of allylic oxidation sites excluding steroid dienone is 2. The van der Waals surface area contributed by atoms with Crippen LogP contribution in [0.1, 0.15) is 52.5 Å². The zero-order chi connectivity index (χ0) is 16.4. The first kappa shape index (κ1) is 15.9. The summed E-state index contributed by atoms with van der Waals surface area (Å²) < 4.78 is 0. The van der Waals surface area contributed by atoms with Crippen molar-refractivity contribution in [2.75, 3.05) is 0 Å². The third kappa shape index (κ3) is 3.34. The number of hydrogen-bond donors (Lipinski definition) is 1. The van der Waals surface area contributed by atoms with Gasteiger partial charge in [-0.3, -0.25) is 0 Å². The molecule has 0 fully saturated rings. The van der Waals surface area contributed by atoms with E-state index in [4.69, 9.17) is 0 Å². The van der Waals surface area contributed by atoms with Gasteiger partial charge in [0.1, 0.15) is 0 Å². The number of aromatic amines is 1. The van der Waals surface area contributed by atoms with E-state index in [-0.39, 0.29) is 5.41 Å². The largest absolute Gasteiger partial charge is 0.354 e. The maximum Gasteiger partial charge on any atom is 0.0471 e. The van der Waals surface area contributed by atoms with Gasteiger partial charge in [-0.2, -0.15) is 0 Å². The summed E-state index contributed by atoms with van der Waals surface area (Å²) in [6.45, 7) is 9.12. The van der Waals surface area contributed by atoms with Crippen molar-refractivity contribution in [2.45, 2.75) is 47.0 Å². The Morgan fingerprint density at radius 2 is 1.74 bits per heavy atom. The van der Waals surface area contributed by atoms with Crippen LogP contribution < -0.4 is 0 Å². The lowest BCUT2D eigenvalue weighted by Crippen LogP contribution is -2.02. The molecule has 0 bridgehead atoms. The van der Waals surface area contributed by atoms with E-state index in [1.807, 2.05) is 0 Å². The lowest BCUT2D eigenvalue weighted by molar-refractivity contribution is 0.544. The molecule has 1 N–H and O–H groups in total. The lowest BCUT2D eigenvalue weighted by atomic mass is 9.87. The Morgan fingerprint density at radius 1 is 1.00 bits per heavy atom. The molecule has 1 heteroatoms. The Labute approximate surface area is 139 Å². The molecular formula is C22H27N. The molecule has 1 aromatic heterocycles. The summed E-state index contributed by atoms with van der Waals surface area (Å²) in [4.78, 5) is 3.56. The van der Waals surface area contributed by atoms with E-state index >= 15 is 0 Å². The fraction of sp³-hybridized carbons (Fsp3) is 0.364. The zero-order valence-corrected chi connectivity index (χ0v) is 14.7. The second-order valence-electron chi connectivity index (χ2n) is 7.54. The number of fused-ring (bicyclic) bond motifs is 3. The number of aromatic nitrogens is 1. The summed E-state index contributed by atoms with van der Waals surface area (Å²) >= 11 is 0. The van der Waals surface area contributed by atoms with Crippen molar-refractivity contribution in [3.63, 3.8) is 0 Å². The highest BCUT2D eigenvalue weighted by molar-refractivity contribution is 6.12. The van der Waals surface area contributed by atoms with Gasteiger partial charge in [0.2, 0.25) is 0 Å². The maximum atomic E-state index is 3.56. The average Bonchev–Trinajstić information content (AvgIpc) is 2.89. The van der Waals surface area contributed by atoms with Crippen molar-refractivity contribution in [1.82, 2.24) is 4.98 Å². The van der Waals surface area contributed by atoms with Crippen LogP contribution in [0.4, 0.5) is 0 Å². The number of para-hydroxylation sites is 1. The highest BCUT2D eigenvalue weighted by atomic mass is 14.7. The molecule has 0 aliphatic carbocycles. The van der Waals surface area contributed by atoms with Gasteiger partial charge in [-0.05, 0) is 41.5 Å². The molecule has 2 aromatic carbocycles. The molecule has 0 saturated carbocycles. The normalized spacial score (nSPS) is 13.1. The zero-order valence-electron chi connectivity index (χ0n) is 14.7. The summed E-state index contributed by atoms with van der Waals surface area (Å²) in [6.07, 6.45) is 6.07. The summed E-state index contributed by atoms with van der Waals surface area (Å²) in [7, 11) is 0. The Kier molecular flexibility index (Phi) is 4.30. The molecule has 0 radical (unpaired) electrons. The molecule has 120 valence electrons. The Morgan fingerprint density at radius 3 is 2.48 bits per heavy atom. The van der Waals surface area contributed by atoms with Crippen molar-refractivity contribution in [2.24, 2.45) is 5.41 Å². The smallest absolute Gasteiger partial charge is 0.0471 e. The van der Waals surface area contributed by atoms with Crippen LogP contribution in [0.2, 0.25) is 0 Å². The minimum atomic E-state index is 0.192. The fourth-order valence-corrected chi connectivity index (χ4v) is 3.34. The highest BCUT2D eigenvalue weighted by Gasteiger charge is 2.14. The van der Waals surface area contributed by atoms with Crippen molar-refractivity contribution >= 4 is 27.4 Å². The molecule has 0 unspecified atom stereocenters. The summed E-state index contributed by atoms with van der Waals surface area (Å²) in [5.74, 6) is 0. The fourth-order valence-electron chi connectivity index (χ4n) is 3.34. The average molecular weight is 305 g/mol. The standard InChI is InChI=1S/C22H27N/c1-5-6-10-16(15-22(2,3)4)17-12-9-14-20-21(17)18-11-7-8-13-19(18)23-20/h7-9,11-15,23H,5-6,10H2,1-4H3/b16-15+. The van der Waals surface area contributed by atoms with Gasteiger partial charge in [0.25, 0.3) is 0 Å². The van der Waals surface area contributed by atoms with Crippen molar-refractivity contribution in [3.8, 4) is 0 Å². The number of H-pyrrole nitrogens is 1. The first-order chi connectivity index (χ1) is 11.0. The third-order valence-electron chi connectivity index (χ3n) is 4.28. The summed E-state index contributed by atoms with van der Waals surface area (Å²) in [5.41, 5.74) is 5.52. The molecule has 0 saturated heterocycles. The van der Waals surface area contributed by atoms with Gasteiger partial charge in [0, 0.05) is 21.8 Å². The van der Waals surface area contributed by atoms with Gasteiger partial charge in [-0.1, -0.05) is 70.5 Å². The number of rotatable bonds is 4. The first-order valence-electron chi connectivity index (χ1n) is 8.71. The molecule has 3 aromatic rings. The van der Waals surface area contributed by atoms with Crippen molar-refractivity contribution < 1.29 is 0 Å². The third-order valence-corrected chi connectivity index (χ3v) is 4.28. The molecule has 0 atom stereocenters. The van der Waals surface area contributed by atoms with E-state index < -0.39 is 0 Å². The first-order valence-corrected chi connectivity index (χ1v) is 8.71. The van der Waals surface area contributed by atoms with E-state index in [2.05, 4.69) is 81.2 Å². The Balaban J connectivity index is 2.25. The molecule has 0 amide bonds. The van der Waals surface area contributed by atoms with Gasteiger partial charge in [0.05, 0.1) is 0 Å². The molecule has 0 aliphatic heterocycles. The minimum Gasteiger partial charge on any atom is -0.354 e. The summed E-state index contributed by atoms with van der Waals surface area (Å²) in [6, 6.07) is 15.3. The van der Waals surface area contributed by atoms with Crippen LogP contribution >= 0.6 is 0 Å². The van der Waals surface area contributed by atoms with Crippen LogP contribution in [-0.2, 0) is 0 Å². The van der Waals surface area contributed by atoms with Crippen LogP contribution in [0.15, 0.2) is 48.5 Å². The Hall–Kier alpha value is -2.02. The molecule has 1 heterocycles. The van der Waals surface area contributed by atoms with Crippen LogP contribution in [0.3, 0.4) is 0 Å². The molecule has 1 nitrogen and oxygen atoms in total. The molecular weight excluding hydrogens is 278 g/mol. The minimum absolute atomic E-state index is 0.192. The number of nitrogens with one attached hydrogen (secondary N) is 1. The second kappa shape index (κ2) is 6.23. The topological polar surface area (TPSA) is 15.8 Å². The molecule has 3 rings (SSSR count). The maximum absolute atomic E-state index is 3.56. The number of hydrogen-bond acceptors (Lipinski definition) is 0. The van der Waals surface area contributed by atoms with E-state index in [0.29, 0.717) is 0 Å². The van der Waals surface area contributed by atoms with Crippen LogP contribution in [0.5, 0.6) is 0 Å². The summed E-state index contributed by atoms with van der Waals surface area (Å²) in [5, 5.41) is 2.70. The predicted molar refractivity (Wildman–Crippen MR) is 103 cm³/mol. The molecule has 0 aliphatic rings. The van der Waals surface area contributed by atoms with Gasteiger partial charge in [-0.15, -0.1) is 0 Å². The van der Waals surface area contributed by atoms with Gasteiger partial charge < -0.3 is 4.98 Å². The number of benzene rings is 2.